The molecule has 1 aromatic carbocycles. The summed E-state index contributed by atoms with van der Waals surface area (Å²) in [7, 11) is -3.79. The third-order valence-corrected chi connectivity index (χ3v) is 4.72. The number of aliphatic carboxylic acids is 1. The molecule has 0 bridgehead atoms. The molecule has 8 heteroatoms. The van der Waals surface area contributed by atoms with Crippen molar-refractivity contribution in [2.75, 3.05) is 6.54 Å². The van der Waals surface area contributed by atoms with Crippen LogP contribution in [0.4, 0.5) is 0 Å². The fraction of sp³-hybridized carbons (Fsp3) is 0.364. The molecule has 0 aliphatic carbocycles. The van der Waals surface area contributed by atoms with Crippen molar-refractivity contribution < 1.29 is 18.3 Å². The van der Waals surface area contributed by atoms with E-state index in [-0.39, 0.29) is 21.5 Å². The van der Waals surface area contributed by atoms with Crippen molar-refractivity contribution in [1.82, 2.24) is 4.72 Å². The second-order valence-electron chi connectivity index (χ2n) is 3.87. The van der Waals surface area contributed by atoms with Crippen molar-refractivity contribution >= 4 is 39.2 Å². The highest BCUT2D eigenvalue weighted by atomic mass is 35.5. The molecule has 1 aromatic rings. The molecule has 1 unspecified atom stereocenters. The minimum absolute atomic E-state index is 0.0536. The summed E-state index contributed by atoms with van der Waals surface area (Å²) in [6.45, 7) is 1.50. The van der Waals surface area contributed by atoms with Crippen molar-refractivity contribution in [2.45, 2.75) is 18.2 Å². The molecule has 5 nitrogen and oxygen atoms in total. The standard InChI is InChI=1S/C11H13Cl2NO4S/c1-2-7(11(15)16)6-14-19(17,18)8-3-4-9(12)10(13)5-8/h3-5,7,14H,2,6H2,1H3,(H,15,16). The third kappa shape index (κ3) is 4.35. The van der Waals surface area contributed by atoms with Gasteiger partial charge in [-0.15, -0.1) is 0 Å². The van der Waals surface area contributed by atoms with Gasteiger partial charge in [-0.1, -0.05) is 30.1 Å². The van der Waals surface area contributed by atoms with E-state index in [0.717, 1.165) is 0 Å². The molecule has 0 spiro atoms. The molecule has 0 aliphatic rings. The van der Waals surface area contributed by atoms with E-state index in [1.807, 2.05) is 0 Å². The lowest BCUT2D eigenvalue weighted by Gasteiger charge is -2.12. The van der Waals surface area contributed by atoms with Crippen LogP contribution in [0.2, 0.25) is 10.0 Å². The van der Waals surface area contributed by atoms with E-state index in [2.05, 4.69) is 4.72 Å². The normalized spacial score (nSPS) is 13.2. The van der Waals surface area contributed by atoms with Gasteiger partial charge in [0.2, 0.25) is 10.0 Å². The van der Waals surface area contributed by atoms with E-state index < -0.39 is 21.9 Å². The first-order chi connectivity index (χ1) is 8.77. The Bertz CT molecular complexity index is 574. The van der Waals surface area contributed by atoms with Crippen LogP contribution in [0.1, 0.15) is 13.3 Å². The van der Waals surface area contributed by atoms with Crippen molar-refractivity contribution in [3.05, 3.63) is 28.2 Å². The van der Waals surface area contributed by atoms with Crippen LogP contribution in [0.5, 0.6) is 0 Å². The van der Waals surface area contributed by atoms with Gasteiger partial charge in [0.1, 0.15) is 0 Å². The molecular formula is C11H13Cl2NO4S. The van der Waals surface area contributed by atoms with Gasteiger partial charge in [-0.25, -0.2) is 13.1 Å². The fourth-order valence-corrected chi connectivity index (χ4v) is 2.81. The molecule has 0 saturated heterocycles. The first-order valence-electron chi connectivity index (χ1n) is 5.45. The highest BCUT2D eigenvalue weighted by Gasteiger charge is 2.20. The third-order valence-electron chi connectivity index (χ3n) is 2.56. The van der Waals surface area contributed by atoms with E-state index in [0.29, 0.717) is 6.42 Å². The maximum Gasteiger partial charge on any atom is 0.307 e. The number of hydrogen-bond donors (Lipinski definition) is 2. The monoisotopic (exact) mass is 325 g/mol. The molecule has 0 fully saturated rings. The van der Waals surface area contributed by atoms with Crippen molar-refractivity contribution in [3.63, 3.8) is 0 Å². The van der Waals surface area contributed by atoms with Crippen molar-refractivity contribution in [3.8, 4) is 0 Å². The van der Waals surface area contributed by atoms with Gasteiger partial charge >= 0.3 is 5.97 Å². The summed E-state index contributed by atoms with van der Waals surface area (Å²) >= 11 is 11.4. The van der Waals surface area contributed by atoms with Crippen LogP contribution in [0, 0.1) is 5.92 Å². The minimum atomic E-state index is -3.79. The molecule has 1 atom stereocenters. The average Bonchev–Trinajstić information content (AvgIpc) is 2.32. The van der Waals surface area contributed by atoms with Gasteiger partial charge in [-0.2, -0.15) is 0 Å². The molecular weight excluding hydrogens is 313 g/mol. The van der Waals surface area contributed by atoms with Crippen LogP contribution in [0.15, 0.2) is 23.1 Å². The van der Waals surface area contributed by atoms with Crippen LogP contribution in [0.25, 0.3) is 0 Å². The second-order valence-corrected chi connectivity index (χ2v) is 6.45. The maximum atomic E-state index is 11.9. The SMILES string of the molecule is CCC(CNS(=O)(=O)c1ccc(Cl)c(Cl)c1)C(=O)O. The summed E-state index contributed by atoms with van der Waals surface area (Å²) in [6.07, 6.45) is 0.333. The van der Waals surface area contributed by atoms with E-state index in [1.54, 1.807) is 6.92 Å². The van der Waals surface area contributed by atoms with Gasteiger partial charge in [0, 0.05) is 6.54 Å². The minimum Gasteiger partial charge on any atom is -0.481 e. The first-order valence-corrected chi connectivity index (χ1v) is 7.69. The Morgan fingerprint density at radius 2 is 2.00 bits per heavy atom. The number of carboxylic acids is 1. The molecule has 1 rings (SSSR count). The lowest BCUT2D eigenvalue weighted by atomic mass is 10.1. The Morgan fingerprint density at radius 3 is 2.47 bits per heavy atom. The van der Waals surface area contributed by atoms with Gasteiger partial charge in [-0.05, 0) is 24.6 Å². The zero-order chi connectivity index (χ0) is 14.6. The average molecular weight is 326 g/mol. The molecule has 19 heavy (non-hydrogen) atoms. The zero-order valence-corrected chi connectivity index (χ0v) is 12.4. The van der Waals surface area contributed by atoms with Gasteiger partial charge in [0.15, 0.2) is 0 Å². The summed E-state index contributed by atoms with van der Waals surface area (Å²) in [4.78, 5) is 10.8. The number of carbonyl (C=O) groups is 1. The highest BCUT2D eigenvalue weighted by molar-refractivity contribution is 7.89. The number of halogens is 2. The Kier molecular flexibility index (Phi) is 5.61. The van der Waals surface area contributed by atoms with Gasteiger partial charge < -0.3 is 5.11 Å². The van der Waals surface area contributed by atoms with Gasteiger partial charge in [0.25, 0.3) is 0 Å². The molecule has 106 valence electrons. The number of nitrogens with one attached hydrogen (secondary N) is 1. The fourth-order valence-electron chi connectivity index (χ4n) is 1.34. The topological polar surface area (TPSA) is 83.5 Å². The summed E-state index contributed by atoms with van der Waals surface area (Å²) in [5.74, 6) is -1.81. The summed E-state index contributed by atoms with van der Waals surface area (Å²) in [5.41, 5.74) is 0. The predicted octanol–water partition coefficient (Wildman–Crippen LogP) is 2.38. The molecule has 0 saturated carbocycles. The number of carboxylic acid groups (broad SMARTS) is 1. The summed E-state index contributed by atoms with van der Waals surface area (Å²) in [5, 5.41) is 9.22. The van der Waals surface area contributed by atoms with Crippen LogP contribution >= 0.6 is 23.2 Å². The Morgan fingerprint density at radius 1 is 1.37 bits per heavy atom. The van der Waals surface area contributed by atoms with E-state index in [1.165, 1.54) is 18.2 Å². The van der Waals surface area contributed by atoms with Gasteiger partial charge in [-0.3, -0.25) is 4.79 Å². The summed E-state index contributed by atoms with van der Waals surface area (Å²) < 4.78 is 26.1. The zero-order valence-electron chi connectivity index (χ0n) is 10.1. The van der Waals surface area contributed by atoms with Crippen LogP contribution in [-0.4, -0.2) is 26.0 Å². The molecule has 0 radical (unpaired) electrons. The smallest absolute Gasteiger partial charge is 0.307 e. The quantitative estimate of drug-likeness (QED) is 0.841. The lowest BCUT2D eigenvalue weighted by Crippen LogP contribution is -2.32. The van der Waals surface area contributed by atoms with Crippen molar-refractivity contribution in [2.24, 2.45) is 5.92 Å². The molecule has 0 amide bonds. The Hall–Kier alpha value is -0.820. The molecule has 0 aromatic heterocycles. The molecule has 2 N–H and O–H groups in total. The van der Waals surface area contributed by atoms with E-state index in [9.17, 15) is 13.2 Å². The van der Waals surface area contributed by atoms with E-state index >= 15 is 0 Å². The van der Waals surface area contributed by atoms with Gasteiger partial charge in [0.05, 0.1) is 20.9 Å². The first kappa shape index (κ1) is 16.2. The maximum absolute atomic E-state index is 11.9. The molecule has 0 aliphatic heterocycles. The highest BCUT2D eigenvalue weighted by Crippen LogP contribution is 2.24. The Balaban J connectivity index is 2.86. The molecule has 0 heterocycles. The lowest BCUT2D eigenvalue weighted by molar-refractivity contribution is -0.141. The number of sulfonamides is 1. The van der Waals surface area contributed by atoms with Crippen LogP contribution < -0.4 is 4.72 Å². The van der Waals surface area contributed by atoms with Crippen LogP contribution in [-0.2, 0) is 14.8 Å². The van der Waals surface area contributed by atoms with Crippen LogP contribution in [0.3, 0.4) is 0 Å². The number of benzene rings is 1. The predicted molar refractivity (Wildman–Crippen MR) is 73.1 cm³/mol. The largest absolute Gasteiger partial charge is 0.481 e. The second kappa shape index (κ2) is 6.56. The van der Waals surface area contributed by atoms with Crippen molar-refractivity contribution in [1.29, 1.82) is 0 Å². The van der Waals surface area contributed by atoms with E-state index in [4.69, 9.17) is 28.3 Å². The summed E-state index contributed by atoms with van der Waals surface area (Å²) in [6, 6.07) is 3.89. The Labute approximate surface area is 121 Å². The number of hydrogen-bond acceptors (Lipinski definition) is 3. The number of rotatable bonds is 6.